The number of piperidine rings is 1. The van der Waals surface area contributed by atoms with Gasteiger partial charge >= 0.3 is 0 Å². The van der Waals surface area contributed by atoms with Gasteiger partial charge in [0.15, 0.2) is 0 Å². The molecule has 1 fully saturated rings. The Hall–Kier alpha value is -3.00. The summed E-state index contributed by atoms with van der Waals surface area (Å²) < 4.78 is 26.2. The highest BCUT2D eigenvalue weighted by Crippen LogP contribution is 2.33. The van der Waals surface area contributed by atoms with Gasteiger partial charge in [0.1, 0.15) is 5.75 Å². The van der Waals surface area contributed by atoms with Crippen molar-refractivity contribution in [1.82, 2.24) is 10.2 Å². The number of halogens is 2. The van der Waals surface area contributed by atoms with Gasteiger partial charge in [-0.2, -0.15) is 10.2 Å². The van der Waals surface area contributed by atoms with E-state index in [0.717, 1.165) is 35.9 Å². The van der Waals surface area contributed by atoms with Crippen molar-refractivity contribution in [3.05, 3.63) is 53.7 Å². The third kappa shape index (κ3) is 4.69. The maximum atomic E-state index is 13.1. The molecular formula is C23H26F2N4O2. The van der Waals surface area contributed by atoms with Crippen LogP contribution in [0.1, 0.15) is 50.3 Å². The molecule has 0 radical (unpaired) electrons. The molecule has 6 nitrogen and oxygen atoms in total. The maximum Gasteiger partial charge on any atom is 0.263 e. The van der Waals surface area contributed by atoms with Crippen LogP contribution in [0.15, 0.2) is 42.6 Å². The molecule has 0 spiro atoms. The van der Waals surface area contributed by atoms with Crippen LogP contribution in [0.2, 0.25) is 0 Å². The monoisotopic (exact) mass is 428 g/mol. The minimum Gasteiger partial charge on any atom is -0.508 e. The van der Waals surface area contributed by atoms with Gasteiger partial charge in [-0.15, -0.1) is 0 Å². The summed E-state index contributed by atoms with van der Waals surface area (Å²) in [5, 5.41) is 32.5. The van der Waals surface area contributed by atoms with Crippen molar-refractivity contribution in [2.24, 2.45) is 0 Å². The van der Waals surface area contributed by atoms with E-state index in [-0.39, 0.29) is 17.4 Å². The fourth-order valence-corrected chi connectivity index (χ4v) is 3.96. The number of aromatic nitrogens is 2. The SMILES string of the molecule is C[C@@H](Nc1cnnc2ccc(N3CCC(C)(O)CC3)cc12)c1cc(O)cc(C(F)F)c1. The number of hydrogen-bond donors (Lipinski definition) is 3. The van der Waals surface area contributed by atoms with Gasteiger partial charge in [-0.1, -0.05) is 0 Å². The second-order valence-corrected chi connectivity index (χ2v) is 8.47. The molecule has 0 bridgehead atoms. The molecule has 2 heterocycles. The molecule has 8 heteroatoms. The van der Waals surface area contributed by atoms with Crippen molar-refractivity contribution in [3.63, 3.8) is 0 Å². The van der Waals surface area contributed by atoms with Crippen LogP contribution >= 0.6 is 0 Å². The van der Waals surface area contributed by atoms with E-state index in [1.54, 1.807) is 6.20 Å². The van der Waals surface area contributed by atoms with Crippen molar-refractivity contribution in [2.45, 2.75) is 44.8 Å². The lowest BCUT2D eigenvalue weighted by Gasteiger charge is -2.37. The molecule has 31 heavy (non-hydrogen) atoms. The highest BCUT2D eigenvalue weighted by atomic mass is 19.3. The number of fused-ring (bicyclic) bond motifs is 1. The van der Waals surface area contributed by atoms with Crippen LogP contribution < -0.4 is 10.2 Å². The number of benzene rings is 2. The van der Waals surface area contributed by atoms with Crippen LogP contribution in [0.4, 0.5) is 20.2 Å². The number of anilines is 2. The second-order valence-electron chi connectivity index (χ2n) is 8.47. The molecule has 0 aliphatic carbocycles. The number of alkyl halides is 2. The molecule has 3 aromatic rings. The summed E-state index contributed by atoms with van der Waals surface area (Å²) in [5.74, 6) is -0.192. The summed E-state index contributed by atoms with van der Waals surface area (Å²) in [5.41, 5.74) is 2.18. The quantitative estimate of drug-likeness (QED) is 0.542. The lowest BCUT2D eigenvalue weighted by Crippen LogP contribution is -2.42. The summed E-state index contributed by atoms with van der Waals surface area (Å²) >= 11 is 0. The van der Waals surface area contributed by atoms with Crippen LogP contribution in [0.3, 0.4) is 0 Å². The highest BCUT2D eigenvalue weighted by Gasteiger charge is 2.27. The number of hydrogen-bond acceptors (Lipinski definition) is 6. The van der Waals surface area contributed by atoms with Gasteiger partial charge < -0.3 is 20.4 Å². The maximum absolute atomic E-state index is 13.1. The molecule has 0 unspecified atom stereocenters. The molecule has 0 amide bonds. The van der Waals surface area contributed by atoms with E-state index in [4.69, 9.17) is 0 Å². The zero-order chi connectivity index (χ0) is 22.2. The Morgan fingerprint density at radius 3 is 2.52 bits per heavy atom. The van der Waals surface area contributed by atoms with Crippen molar-refractivity contribution in [1.29, 1.82) is 0 Å². The number of nitrogens with zero attached hydrogens (tertiary/aromatic N) is 3. The zero-order valence-corrected chi connectivity index (χ0v) is 17.5. The van der Waals surface area contributed by atoms with Crippen LogP contribution in [0.5, 0.6) is 5.75 Å². The van der Waals surface area contributed by atoms with Crippen molar-refractivity contribution in [2.75, 3.05) is 23.3 Å². The average molecular weight is 428 g/mol. The predicted molar refractivity (Wildman–Crippen MR) is 117 cm³/mol. The average Bonchev–Trinajstić information content (AvgIpc) is 2.73. The highest BCUT2D eigenvalue weighted by molar-refractivity contribution is 5.93. The van der Waals surface area contributed by atoms with Gasteiger partial charge in [0.05, 0.1) is 23.0 Å². The van der Waals surface area contributed by atoms with Gasteiger partial charge in [-0.25, -0.2) is 8.78 Å². The predicted octanol–water partition coefficient (Wildman–Crippen LogP) is 4.80. The van der Waals surface area contributed by atoms with E-state index in [2.05, 4.69) is 20.4 Å². The third-order valence-electron chi connectivity index (χ3n) is 5.91. The Bertz CT molecular complexity index is 1080. The van der Waals surface area contributed by atoms with E-state index in [1.165, 1.54) is 12.1 Å². The number of nitrogens with one attached hydrogen (secondary N) is 1. The number of phenols is 1. The summed E-state index contributed by atoms with van der Waals surface area (Å²) in [7, 11) is 0. The number of aliphatic hydroxyl groups is 1. The number of rotatable bonds is 5. The van der Waals surface area contributed by atoms with Crippen LogP contribution in [0, 0.1) is 0 Å². The van der Waals surface area contributed by atoms with E-state index < -0.39 is 12.0 Å². The summed E-state index contributed by atoms with van der Waals surface area (Å²) in [4.78, 5) is 2.23. The van der Waals surface area contributed by atoms with E-state index in [0.29, 0.717) is 23.9 Å². The summed E-state index contributed by atoms with van der Waals surface area (Å²) in [6, 6.07) is 9.54. The molecule has 1 aromatic heterocycles. The van der Waals surface area contributed by atoms with Gasteiger partial charge in [-0.3, -0.25) is 0 Å². The van der Waals surface area contributed by atoms with Crippen LogP contribution in [-0.4, -0.2) is 39.1 Å². The lowest BCUT2D eigenvalue weighted by molar-refractivity contribution is 0.0351. The molecule has 3 N–H and O–H groups in total. The number of aromatic hydroxyl groups is 1. The van der Waals surface area contributed by atoms with Crippen molar-refractivity contribution in [3.8, 4) is 5.75 Å². The molecule has 0 saturated carbocycles. The first-order valence-electron chi connectivity index (χ1n) is 10.3. The van der Waals surface area contributed by atoms with E-state index in [9.17, 15) is 19.0 Å². The second kappa shape index (κ2) is 8.26. The Labute approximate surface area is 179 Å². The molecule has 1 saturated heterocycles. The first-order valence-corrected chi connectivity index (χ1v) is 10.3. The first-order chi connectivity index (χ1) is 14.7. The summed E-state index contributed by atoms with van der Waals surface area (Å²) in [6.07, 6.45) is 0.354. The Morgan fingerprint density at radius 2 is 1.81 bits per heavy atom. The molecule has 1 aliphatic heterocycles. The summed E-state index contributed by atoms with van der Waals surface area (Å²) in [6.45, 7) is 5.23. The minimum absolute atomic E-state index is 0.192. The minimum atomic E-state index is -2.66. The third-order valence-corrected chi connectivity index (χ3v) is 5.91. The molecule has 4 rings (SSSR count). The molecule has 1 aliphatic rings. The number of phenolic OH excluding ortho intramolecular Hbond substituents is 1. The van der Waals surface area contributed by atoms with Gasteiger partial charge in [-0.05, 0) is 68.7 Å². The molecule has 2 aromatic carbocycles. The Kier molecular flexibility index (Phi) is 5.66. The standard InChI is InChI=1S/C23H26F2N4O2/c1-14(15-9-16(22(24)25)11-18(30)10-15)27-21-13-26-28-20-4-3-17(12-19(20)21)29-7-5-23(2,31)6-8-29/h3-4,9-14,22,30-31H,5-8H2,1-2H3,(H,27,28)/t14-/m1/s1. The fourth-order valence-electron chi connectivity index (χ4n) is 3.96. The zero-order valence-electron chi connectivity index (χ0n) is 17.5. The fraction of sp³-hybridized carbons (Fsp3) is 0.391. The van der Waals surface area contributed by atoms with E-state index >= 15 is 0 Å². The largest absolute Gasteiger partial charge is 0.508 e. The van der Waals surface area contributed by atoms with Crippen LogP contribution in [0.25, 0.3) is 10.9 Å². The van der Waals surface area contributed by atoms with Gasteiger partial charge in [0.25, 0.3) is 6.43 Å². The lowest BCUT2D eigenvalue weighted by atomic mass is 9.93. The van der Waals surface area contributed by atoms with Crippen molar-refractivity contribution < 1.29 is 19.0 Å². The normalized spacial score (nSPS) is 17.2. The van der Waals surface area contributed by atoms with Crippen molar-refractivity contribution >= 4 is 22.3 Å². The Balaban J connectivity index is 1.62. The Morgan fingerprint density at radius 1 is 1.10 bits per heavy atom. The van der Waals surface area contributed by atoms with Gasteiger partial charge in [0.2, 0.25) is 0 Å². The smallest absolute Gasteiger partial charge is 0.263 e. The molecular weight excluding hydrogens is 402 g/mol. The van der Waals surface area contributed by atoms with Crippen LogP contribution in [-0.2, 0) is 0 Å². The molecule has 164 valence electrons. The first kappa shape index (κ1) is 21.2. The molecule has 1 atom stereocenters. The van der Waals surface area contributed by atoms with Gasteiger partial charge in [0, 0.05) is 35.8 Å². The topological polar surface area (TPSA) is 81.5 Å². The van der Waals surface area contributed by atoms with E-state index in [1.807, 2.05) is 32.0 Å².